The standard InChI is InChI=1S/C14H15FO3/c1-4-14(2,17-3)13(16)12-8-9-7-10(15)5-6-11(9)18-12/h5-8H,4H2,1-3H3. The minimum atomic E-state index is -0.910. The number of ether oxygens (including phenoxy) is 1. The highest BCUT2D eigenvalue weighted by Gasteiger charge is 2.34. The zero-order chi connectivity index (χ0) is 13.3. The number of rotatable bonds is 4. The number of hydrogen-bond donors (Lipinski definition) is 0. The Hall–Kier alpha value is -1.68. The minimum Gasteiger partial charge on any atom is -0.453 e. The lowest BCUT2D eigenvalue weighted by molar-refractivity contribution is 0.00855. The molecular weight excluding hydrogens is 235 g/mol. The van der Waals surface area contributed by atoms with Crippen LogP contribution in [0.4, 0.5) is 4.39 Å². The Morgan fingerprint density at radius 1 is 1.44 bits per heavy atom. The molecular formula is C14H15FO3. The largest absolute Gasteiger partial charge is 0.453 e. The molecule has 1 unspecified atom stereocenters. The summed E-state index contributed by atoms with van der Waals surface area (Å²) in [5.74, 6) is -0.391. The van der Waals surface area contributed by atoms with Crippen LogP contribution in [-0.2, 0) is 4.74 Å². The third-order valence-corrected chi connectivity index (χ3v) is 3.31. The molecule has 3 nitrogen and oxygen atoms in total. The molecule has 1 aromatic carbocycles. The van der Waals surface area contributed by atoms with E-state index >= 15 is 0 Å². The Morgan fingerprint density at radius 3 is 2.78 bits per heavy atom. The summed E-state index contributed by atoms with van der Waals surface area (Å²) >= 11 is 0. The monoisotopic (exact) mass is 250 g/mol. The second-order valence-corrected chi connectivity index (χ2v) is 4.41. The van der Waals surface area contributed by atoms with E-state index in [9.17, 15) is 9.18 Å². The van der Waals surface area contributed by atoms with Crippen LogP contribution in [0.1, 0.15) is 30.8 Å². The number of carbonyl (C=O) groups is 1. The lowest BCUT2D eigenvalue weighted by atomic mass is 9.95. The molecule has 1 aromatic heterocycles. The molecule has 0 N–H and O–H groups in total. The third kappa shape index (κ3) is 2.04. The molecule has 0 saturated heterocycles. The molecule has 0 spiro atoms. The average Bonchev–Trinajstić information content (AvgIpc) is 2.79. The molecule has 4 heteroatoms. The SMILES string of the molecule is CCC(C)(OC)C(=O)c1cc2cc(F)ccc2o1. The number of carbonyl (C=O) groups excluding carboxylic acids is 1. The quantitative estimate of drug-likeness (QED) is 0.779. The van der Waals surface area contributed by atoms with E-state index < -0.39 is 5.60 Å². The summed E-state index contributed by atoms with van der Waals surface area (Å²) in [4.78, 5) is 12.3. The van der Waals surface area contributed by atoms with Crippen LogP contribution in [0.5, 0.6) is 0 Å². The van der Waals surface area contributed by atoms with E-state index in [1.54, 1.807) is 13.0 Å². The van der Waals surface area contributed by atoms with Gasteiger partial charge in [-0.25, -0.2) is 4.39 Å². The van der Waals surface area contributed by atoms with E-state index in [-0.39, 0.29) is 17.4 Å². The summed E-state index contributed by atoms with van der Waals surface area (Å²) in [5.41, 5.74) is -0.416. The van der Waals surface area contributed by atoms with Crippen molar-refractivity contribution in [3.05, 3.63) is 35.8 Å². The summed E-state index contributed by atoms with van der Waals surface area (Å²) in [6.45, 7) is 3.58. The number of fused-ring (bicyclic) bond motifs is 1. The Labute approximate surface area is 105 Å². The van der Waals surface area contributed by atoms with Crippen molar-refractivity contribution < 1.29 is 18.3 Å². The number of benzene rings is 1. The molecule has 0 aliphatic heterocycles. The number of furan rings is 1. The first kappa shape index (κ1) is 12.8. The molecule has 1 atom stereocenters. The molecule has 18 heavy (non-hydrogen) atoms. The fraction of sp³-hybridized carbons (Fsp3) is 0.357. The van der Waals surface area contributed by atoms with E-state index in [2.05, 4.69) is 0 Å². The molecule has 0 bridgehead atoms. The Bertz CT molecular complexity index is 582. The van der Waals surface area contributed by atoms with Crippen molar-refractivity contribution in [3.8, 4) is 0 Å². The van der Waals surface area contributed by atoms with E-state index in [0.717, 1.165) is 0 Å². The van der Waals surface area contributed by atoms with Crippen molar-refractivity contribution >= 4 is 16.8 Å². The van der Waals surface area contributed by atoms with Gasteiger partial charge in [0.2, 0.25) is 5.78 Å². The van der Waals surface area contributed by atoms with E-state index in [4.69, 9.17) is 9.15 Å². The van der Waals surface area contributed by atoms with Gasteiger partial charge in [-0.1, -0.05) is 6.92 Å². The fourth-order valence-corrected chi connectivity index (χ4v) is 1.78. The Kier molecular flexibility index (Phi) is 3.22. The second kappa shape index (κ2) is 4.53. The van der Waals surface area contributed by atoms with Gasteiger partial charge in [0.25, 0.3) is 0 Å². The van der Waals surface area contributed by atoms with Gasteiger partial charge < -0.3 is 9.15 Å². The molecule has 0 amide bonds. The van der Waals surface area contributed by atoms with Gasteiger partial charge in [0.1, 0.15) is 17.0 Å². The molecule has 0 saturated carbocycles. The van der Waals surface area contributed by atoms with Gasteiger partial charge in [-0.15, -0.1) is 0 Å². The Morgan fingerprint density at radius 2 is 2.17 bits per heavy atom. The van der Waals surface area contributed by atoms with Crippen molar-refractivity contribution in [1.29, 1.82) is 0 Å². The topological polar surface area (TPSA) is 39.4 Å². The van der Waals surface area contributed by atoms with Crippen molar-refractivity contribution in [2.24, 2.45) is 0 Å². The van der Waals surface area contributed by atoms with Crippen LogP contribution in [0.3, 0.4) is 0 Å². The van der Waals surface area contributed by atoms with E-state index in [1.807, 2.05) is 6.92 Å². The van der Waals surface area contributed by atoms with Crippen molar-refractivity contribution in [3.63, 3.8) is 0 Å². The molecule has 1 heterocycles. The molecule has 2 rings (SSSR count). The molecule has 0 aliphatic rings. The summed E-state index contributed by atoms with van der Waals surface area (Å²) in [7, 11) is 1.49. The molecule has 0 fully saturated rings. The molecule has 96 valence electrons. The summed E-state index contributed by atoms with van der Waals surface area (Å²) in [5, 5.41) is 0.577. The zero-order valence-corrected chi connectivity index (χ0v) is 10.6. The van der Waals surface area contributed by atoms with Gasteiger partial charge in [-0.05, 0) is 37.6 Å². The number of halogens is 1. The first-order valence-corrected chi connectivity index (χ1v) is 5.79. The normalized spacial score (nSPS) is 14.7. The van der Waals surface area contributed by atoms with Crippen LogP contribution in [0, 0.1) is 5.82 Å². The Balaban J connectivity index is 2.45. The van der Waals surface area contributed by atoms with Crippen LogP contribution in [0.25, 0.3) is 11.0 Å². The van der Waals surface area contributed by atoms with Crippen LogP contribution in [0.15, 0.2) is 28.7 Å². The van der Waals surface area contributed by atoms with Crippen LogP contribution in [0.2, 0.25) is 0 Å². The minimum absolute atomic E-state index is 0.196. The van der Waals surface area contributed by atoms with Crippen molar-refractivity contribution in [2.75, 3.05) is 7.11 Å². The lowest BCUT2D eigenvalue weighted by Gasteiger charge is -2.23. The number of methoxy groups -OCH3 is 1. The van der Waals surface area contributed by atoms with Gasteiger partial charge in [0.05, 0.1) is 0 Å². The maximum absolute atomic E-state index is 13.1. The molecule has 0 aliphatic carbocycles. The number of Topliss-reactive ketones (excluding diaryl/α,β-unsaturated/α-hetero) is 1. The van der Waals surface area contributed by atoms with Crippen LogP contribution in [-0.4, -0.2) is 18.5 Å². The summed E-state index contributed by atoms with van der Waals surface area (Å²) < 4.78 is 23.7. The maximum atomic E-state index is 13.1. The van der Waals surface area contributed by atoms with Crippen LogP contribution >= 0.6 is 0 Å². The maximum Gasteiger partial charge on any atom is 0.229 e. The van der Waals surface area contributed by atoms with Gasteiger partial charge in [-0.3, -0.25) is 4.79 Å². The predicted octanol–water partition coefficient (Wildman–Crippen LogP) is 3.57. The predicted molar refractivity (Wildman–Crippen MR) is 66.2 cm³/mol. The van der Waals surface area contributed by atoms with Crippen LogP contribution < -0.4 is 0 Å². The lowest BCUT2D eigenvalue weighted by Crippen LogP contribution is -2.36. The highest BCUT2D eigenvalue weighted by molar-refractivity contribution is 6.02. The van der Waals surface area contributed by atoms with Crippen molar-refractivity contribution in [2.45, 2.75) is 25.9 Å². The van der Waals surface area contributed by atoms with E-state index in [1.165, 1.54) is 25.3 Å². The van der Waals surface area contributed by atoms with Gasteiger partial charge in [-0.2, -0.15) is 0 Å². The van der Waals surface area contributed by atoms with Gasteiger partial charge >= 0.3 is 0 Å². The average molecular weight is 250 g/mol. The fourth-order valence-electron chi connectivity index (χ4n) is 1.78. The first-order chi connectivity index (χ1) is 8.50. The third-order valence-electron chi connectivity index (χ3n) is 3.31. The van der Waals surface area contributed by atoms with Crippen molar-refractivity contribution in [1.82, 2.24) is 0 Å². The van der Waals surface area contributed by atoms with E-state index in [0.29, 0.717) is 17.4 Å². The second-order valence-electron chi connectivity index (χ2n) is 4.41. The number of ketones is 1. The summed E-state index contributed by atoms with van der Waals surface area (Å²) in [6.07, 6.45) is 0.535. The first-order valence-electron chi connectivity index (χ1n) is 5.79. The zero-order valence-electron chi connectivity index (χ0n) is 10.6. The number of hydrogen-bond acceptors (Lipinski definition) is 3. The van der Waals surface area contributed by atoms with Gasteiger partial charge in [0.15, 0.2) is 5.76 Å². The van der Waals surface area contributed by atoms with Gasteiger partial charge in [0, 0.05) is 12.5 Å². The molecule has 0 radical (unpaired) electrons. The smallest absolute Gasteiger partial charge is 0.229 e. The highest BCUT2D eigenvalue weighted by Crippen LogP contribution is 2.26. The molecule has 2 aromatic rings. The summed E-state index contributed by atoms with van der Waals surface area (Å²) in [6, 6.07) is 5.70. The highest BCUT2D eigenvalue weighted by atomic mass is 19.1.